The van der Waals surface area contributed by atoms with E-state index in [-0.39, 0.29) is 35.2 Å². The molecule has 0 radical (unpaired) electrons. The van der Waals surface area contributed by atoms with E-state index in [0.717, 1.165) is 11.1 Å². The van der Waals surface area contributed by atoms with Crippen LogP contribution in [0.15, 0.2) is 120 Å². The average molecular weight is 507 g/mol. The van der Waals surface area contributed by atoms with Gasteiger partial charge in [-0.05, 0) is 35.1 Å². The van der Waals surface area contributed by atoms with E-state index in [1.165, 1.54) is 22.3 Å². The molecule has 2 heterocycles. The second kappa shape index (κ2) is 7.31. The van der Waals surface area contributed by atoms with E-state index in [9.17, 15) is 9.59 Å². The highest BCUT2D eigenvalue weighted by Gasteiger charge is 2.76. The van der Waals surface area contributed by atoms with E-state index in [1.54, 1.807) is 0 Å². The Kier molecular flexibility index (Phi) is 4.09. The molecule has 0 aromatic heterocycles. The maximum atomic E-state index is 13.8. The van der Waals surface area contributed by atoms with Crippen LogP contribution in [0.1, 0.15) is 55.8 Å². The Morgan fingerprint density at radius 2 is 0.897 bits per heavy atom. The molecule has 2 bridgehead atoms. The molecule has 3 nitrogen and oxygen atoms in total. The van der Waals surface area contributed by atoms with Gasteiger partial charge in [0.1, 0.15) is 11.2 Å². The van der Waals surface area contributed by atoms with Crippen LogP contribution in [0.5, 0.6) is 0 Å². The zero-order chi connectivity index (χ0) is 25.9. The lowest BCUT2D eigenvalue weighted by Gasteiger charge is -2.55. The van der Waals surface area contributed by atoms with Crippen LogP contribution in [0.3, 0.4) is 0 Å². The molecule has 4 aromatic rings. The normalized spacial score (nSPS) is 33.0. The number of ether oxygens (including phenoxy) is 1. The second-order valence-corrected chi connectivity index (χ2v) is 11.8. The second-order valence-electron chi connectivity index (χ2n) is 11.8. The Bertz CT molecular complexity index is 1630. The largest absolute Gasteiger partial charge is 0.348 e. The van der Waals surface area contributed by atoms with Crippen LogP contribution in [-0.4, -0.2) is 11.6 Å². The topological polar surface area (TPSA) is 43.4 Å². The maximum absolute atomic E-state index is 13.8. The third-order valence-corrected chi connectivity index (χ3v) is 10.3. The van der Waals surface area contributed by atoms with E-state index in [2.05, 4.69) is 84.9 Å². The molecule has 3 aliphatic carbocycles. The number of carbonyl (C=O) groups is 2. The molecular formula is C36H26O3. The van der Waals surface area contributed by atoms with Crippen LogP contribution in [0.4, 0.5) is 0 Å². The summed E-state index contributed by atoms with van der Waals surface area (Å²) in [6.07, 6.45) is 1.29. The lowest BCUT2D eigenvalue weighted by atomic mass is 9.45. The zero-order valence-corrected chi connectivity index (χ0v) is 21.3. The molecule has 0 N–H and O–H groups in total. The molecule has 0 saturated carbocycles. The molecule has 6 atom stereocenters. The van der Waals surface area contributed by atoms with Crippen molar-refractivity contribution < 1.29 is 14.3 Å². The van der Waals surface area contributed by atoms with Gasteiger partial charge in [0, 0.05) is 34.8 Å². The van der Waals surface area contributed by atoms with E-state index < -0.39 is 11.2 Å². The third kappa shape index (κ3) is 2.40. The van der Waals surface area contributed by atoms with Crippen LogP contribution < -0.4 is 0 Å². The Balaban J connectivity index is 1.28. The van der Waals surface area contributed by atoms with Crippen molar-refractivity contribution in [3.05, 3.63) is 154 Å². The van der Waals surface area contributed by atoms with Gasteiger partial charge in [0.2, 0.25) is 0 Å². The van der Waals surface area contributed by atoms with Crippen molar-refractivity contribution in [1.82, 2.24) is 0 Å². The monoisotopic (exact) mass is 506 g/mol. The minimum atomic E-state index is -0.621. The first kappa shape index (κ1) is 21.8. The van der Waals surface area contributed by atoms with Gasteiger partial charge < -0.3 is 4.74 Å². The van der Waals surface area contributed by atoms with Crippen LogP contribution >= 0.6 is 0 Å². The first-order valence-corrected chi connectivity index (χ1v) is 14.0. The van der Waals surface area contributed by atoms with Crippen molar-refractivity contribution in [2.45, 2.75) is 24.0 Å². The molecule has 39 heavy (non-hydrogen) atoms. The summed E-state index contributed by atoms with van der Waals surface area (Å²) in [7, 11) is 0. The number of hydrogen-bond donors (Lipinski definition) is 0. The summed E-state index contributed by atoms with van der Waals surface area (Å²) in [5.74, 6) is -0.0663. The Morgan fingerprint density at radius 1 is 0.513 bits per heavy atom. The van der Waals surface area contributed by atoms with Crippen molar-refractivity contribution in [2.75, 3.05) is 0 Å². The molecule has 1 saturated heterocycles. The lowest BCUT2D eigenvalue weighted by Crippen LogP contribution is -2.53. The summed E-state index contributed by atoms with van der Waals surface area (Å²) in [5, 5.41) is 0. The molecule has 0 unspecified atom stereocenters. The van der Waals surface area contributed by atoms with Crippen molar-refractivity contribution in [3.8, 4) is 0 Å². The van der Waals surface area contributed by atoms with Gasteiger partial charge in [-0.3, -0.25) is 9.59 Å². The highest BCUT2D eigenvalue weighted by molar-refractivity contribution is 6.16. The van der Waals surface area contributed by atoms with Gasteiger partial charge in [-0.1, -0.05) is 120 Å². The smallest absolute Gasteiger partial charge is 0.167 e. The van der Waals surface area contributed by atoms with Gasteiger partial charge in [0.25, 0.3) is 0 Å². The molecule has 188 valence electrons. The average Bonchev–Trinajstić information content (AvgIpc) is 3.45. The van der Waals surface area contributed by atoms with Crippen molar-refractivity contribution in [3.63, 3.8) is 0 Å². The SMILES string of the molecule is O=C1c2ccccc2C(=O)[C@@H]2CC3=C(C[C@H]12)[C@H]1[C@@H]3[C@@]2(c3ccccc3)O[C@]1(c1ccccc1)c1ccccc12. The molecule has 5 aliphatic rings. The number of benzene rings is 4. The van der Waals surface area contributed by atoms with Gasteiger partial charge in [-0.25, -0.2) is 0 Å². The Hall–Kier alpha value is -4.08. The Labute approximate surface area is 227 Å². The van der Waals surface area contributed by atoms with Gasteiger partial charge in [0.05, 0.1) is 0 Å². The summed E-state index contributed by atoms with van der Waals surface area (Å²) >= 11 is 0. The van der Waals surface area contributed by atoms with Crippen LogP contribution in [0, 0.1) is 23.7 Å². The molecule has 3 heteroatoms. The summed E-state index contributed by atoms with van der Waals surface area (Å²) in [6.45, 7) is 0. The van der Waals surface area contributed by atoms with Crippen molar-refractivity contribution in [2.24, 2.45) is 23.7 Å². The number of rotatable bonds is 2. The van der Waals surface area contributed by atoms with E-state index in [0.29, 0.717) is 24.0 Å². The predicted molar refractivity (Wildman–Crippen MR) is 147 cm³/mol. The number of ketones is 2. The summed E-state index contributed by atoms with van der Waals surface area (Å²) in [6, 6.07) is 37.3. The zero-order valence-electron chi connectivity index (χ0n) is 21.3. The standard InChI is InChI=1S/C36H26O3/c37-33-23-15-7-8-16-24(23)34(38)28-20-26-25(19-27(28)33)31-32(26)36(22-13-5-2-6-14-22)30-18-10-9-17-29(30)35(31,39-36)21-11-3-1-4-12-21/h1-18,27-28,31-32H,19-20H2/t27-,28+,31-,32+,35+,36-. The lowest BCUT2D eigenvalue weighted by molar-refractivity contribution is -0.0507. The summed E-state index contributed by atoms with van der Waals surface area (Å²) < 4.78 is 7.53. The predicted octanol–water partition coefficient (Wildman–Crippen LogP) is 6.87. The minimum Gasteiger partial charge on any atom is -0.348 e. The Morgan fingerprint density at radius 3 is 1.33 bits per heavy atom. The number of Topliss-reactive ketones (excluding diaryl/α,β-unsaturated/α-hetero) is 2. The fourth-order valence-corrected chi connectivity index (χ4v) is 8.92. The number of fused-ring (bicyclic) bond motifs is 12. The van der Waals surface area contributed by atoms with E-state index >= 15 is 0 Å². The molecular weight excluding hydrogens is 480 g/mol. The fourth-order valence-electron chi connectivity index (χ4n) is 8.92. The van der Waals surface area contributed by atoms with Crippen molar-refractivity contribution in [1.29, 1.82) is 0 Å². The van der Waals surface area contributed by atoms with Crippen LogP contribution in [0.2, 0.25) is 0 Å². The number of hydrogen-bond acceptors (Lipinski definition) is 3. The maximum Gasteiger partial charge on any atom is 0.167 e. The molecule has 2 aliphatic heterocycles. The molecule has 4 aromatic carbocycles. The van der Waals surface area contributed by atoms with Crippen LogP contribution in [0.25, 0.3) is 0 Å². The van der Waals surface area contributed by atoms with Gasteiger partial charge in [-0.2, -0.15) is 0 Å². The first-order valence-electron chi connectivity index (χ1n) is 14.0. The molecule has 9 rings (SSSR count). The third-order valence-electron chi connectivity index (χ3n) is 10.3. The van der Waals surface area contributed by atoms with Gasteiger partial charge in [0.15, 0.2) is 11.6 Å². The molecule has 0 spiro atoms. The van der Waals surface area contributed by atoms with E-state index in [4.69, 9.17) is 4.74 Å². The van der Waals surface area contributed by atoms with E-state index in [1.807, 2.05) is 24.3 Å². The fraction of sp³-hybridized carbons (Fsp3) is 0.222. The summed E-state index contributed by atoms with van der Waals surface area (Å²) in [5.41, 5.74) is 7.41. The van der Waals surface area contributed by atoms with Crippen LogP contribution in [-0.2, 0) is 15.9 Å². The molecule has 0 amide bonds. The highest BCUT2D eigenvalue weighted by Crippen LogP contribution is 2.77. The quantitative estimate of drug-likeness (QED) is 0.279. The first-order chi connectivity index (χ1) is 19.2. The van der Waals surface area contributed by atoms with Crippen molar-refractivity contribution >= 4 is 11.6 Å². The van der Waals surface area contributed by atoms with Gasteiger partial charge in [-0.15, -0.1) is 0 Å². The highest BCUT2D eigenvalue weighted by atomic mass is 16.5. The number of carbonyl (C=O) groups excluding carboxylic acids is 2. The summed E-state index contributed by atoms with van der Waals surface area (Å²) in [4.78, 5) is 27.5. The molecule has 1 fully saturated rings. The van der Waals surface area contributed by atoms with Gasteiger partial charge >= 0.3 is 0 Å². The minimum absolute atomic E-state index is 0.126.